The van der Waals surface area contributed by atoms with E-state index in [1.165, 1.54) is 44.9 Å². The largest absolute Gasteiger partial charge is 0.390 e. The van der Waals surface area contributed by atoms with Gasteiger partial charge in [-0.3, -0.25) is 0 Å². The standard InChI is InChI=1S/C20H32O/c1-18-11-5-4-6-14(18)7-8-15-16(18)9-12-19(2)17(15)10-13-20(19,3)21/h4-5,14-17,21H,6-13H2,1-3H3/t14-,15-,16+,17-,18+,19+,20+/m1/s1. The van der Waals surface area contributed by atoms with Gasteiger partial charge in [0.1, 0.15) is 0 Å². The summed E-state index contributed by atoms with van der Waals surface area (Å²) in [4.78, 5) is 0. The molecule has 0 bridgehead atoms. The van der Waals surface area contributed by atoms with Gasteiger partial charge in [0.15, 0.2) is 0 Å². The van der Waals surface area contributed by atoms with E-state index in [9.17, 15) is 5.11 Å². The highest BCUT2D eigenvalue weighted by molar-refractivity contribution is 5.14. The minimum atomic E-state index is -0.424. The molecule has 0 aromatic heterocycles. The third-order valence-electron chi connectivity index (χ3n) is 8.77. The maximum atomic E-state index is 10.9. The number of hydrogen-bond acceptors (Lipinski definition) is 1. The van der Waals surface area contributed by atoms with Crippen LogP contribution >= 0.6 is 0 Å². The second-order valence-electron chi connectivity index (χ2n) is 9.34. The molecule has 0 aromatic carbocycles. The summed E-state index contributed by atoms with van der Waals surface area (Å²) in [6.45, 7) is 7.11. The van der Waals surface area contributed by atoms with Crippen LogP contribution in [0, 0.1) is 34.5 Å². The van der Waals surface area contributed by atoms with Gasteiger partial charge in [-0.2, -0.15) is 0 Å². The zero-order chi connectivity index (χ0) is 14.9. The van der Waals surface area contributed by atoms with E-state index in [-0.39, 0.29) is 5.41 Å². The lowest BCUT2D eigenvalue weighted by atomic mass is 9.45. The average Bonchev–Trinajstić information content (AvgIpc) is 2.69. The fraction of sp³-hybridized carbons (Fsp3) is 0.900. The number of fused-ring (bicyclic) bond motifs is 5. The highest BCUT2D eigenvalue weighted by Gasteiger charge is 2.62. The van der Waals surface area contributed by atoms with Crippen LogP contribution in [-0.2, 0) is 0 Å². The molecule has 0 aromatic rings. The minimum Gasteiger partial charge on any atom is -0.390 e. The molecule has 118 valence electrons. The normalized spacial score (nSPS) is 59.2. The number of allylic oxidation sites excluding steroid dienone is 2. The van der Waals surface area contributed by atoms with Crippen molar-refractivity contribution in [2.45, 2.75) is 77.7 Å². The highest BCUT2D eigenvalue weighted by atomic mass is 16.3. The molecule has 3 fully saturated rings. The first kappa shape index (κ1) is 14.3. The van der Waals surface area contributed by atoms with E-state index < -0.39 is 5.60 Å². The van der Waals surface area contributed by atoms with E-state index in [0.29, 0.717) is 5.41 Å². The van der Waals surface area contributed by atoms with Crippen LogP contribution in [0.3, 0.4) is 0 Å². The number of rotatable bonds is 0. The molecule has 0 radical (unpaired) electrons. The topological polar surface area (TPSA) is 20.2 Å². The Labute approximate surface area is 130 Å². The van der Waals surface area contributed by atoms with Crippen LogP contribution in [0.25, 0.3) is 0 Å². The van der Waals surface area contributed by atoms with Gasteiger partial charge in [-0.15, -0.1) is 0 Å². The summed E-state index contributed by atoms with van der Waals surface area (Å²) in [5.74, 6) is 3.49. The van der Waals surface area contributed by atoms with Gasteiger partial charge < -0.3 is 5.11 Å². The predicted molar refractivity (Wildman–Crippen MR) is 86.9 cm³/mol. The van der Waals surface area contributed by atoms with Crippen LogP contribution in [-0.4, -0.2) is 10.7 Å². The van der Waals surface area contributed by atoms with Crippen molar-refractivity contribution in [3.63, 3.8) is 0 Å². The van der Waals surface area contributed by atoms with Crippen molar-refractivity contribution >= 4 is 0 Å². The van der Waals surface area contributed by atoms with Gasteiger partial charge in [-0.05, 0) is 92.8 Å². The number of aliphatic hydroxyl groups is 1. The predicted octanol–water partition coefficient (Wildman–Crippen LogP) is 4.95. The first-order chi connectivity index (χ1) is 9.88. The molecule has 0 heterocycles. The van der Waals surface area contributed by atoms with Crippen LogP contribution in [0.5, 0.6) is 0 Å². The Bertz CT molecular complexity index is 464. The smallest absolute Gasteiger partial charge is 0.0675 e. The van der Waals surface area contributed by atoms with Crippen LogP contribution in [0.1, 0.15) is 72.1 Å². The Balaban J connectivity index is 1.68. The van der Waals surface area contributed by atoms with E-state index in [2.05, 4.69) is 32.9 Å². The Morgan fingerprint density at radius 3 is 2.48 bits per heavy atom. The van der Waals surface area contributed by atoms with E-state index in [1.54, 1.807) is 0 Å². The SMILES string of the molecule is C[C@]12CC=CC[C@@H]1CC[C@H]1[C@H]3CC[C@](C)(O)[C@@]3(C)CC[C@@H]12. The summed E-state index contributed by atoms with van der Waals surface area (Å²) >= 11 is 0. The summed E-state index contributed by atoms with van der Waals surface area (Å²) in [7, 11) is 0. The molecule has 0 unspecified atom stereocenters. The van der Waals surface area contributed by atoms with Gasteiger partial charge in [0.25, 0.3) is 0 Å². The van der Waals surface area contributed by atoms with Gasteiger partial charge in [0.2, 0.25) is 0 Å². The molecule has 4 aliphatic rings. The van der Waals surface area contributed by atoms with E-state index in [1.807, 2.05) is 0 Å². The molecule has 0 saturated heterocycles. The van der Waals surface area contributed by atoms with Gasteiger partial charge in [0.05, 0.1) is 5.60 Å². The zero-order valence-corrected chi connectivity index (χ0v) is 14.1. The summed E-state index contributed by atoms with van der Waals surface area (Å²) in [5.41, 5.74) is 0.308. The molecule has 0 aliphatic heterocycles. The van der Waals surface area contributed by atoms with Crippen molar-refractivity contribution in [1.29, 1.82) is 0 Å². The van der Waals surface area contributed by atoms with E-state index in [0.717, 1.165) is 30.1 Å². The van der Waals surface area contributed by atoms with Crippen molar-refractivity contribution in [3.05, 3.63) is 12.2 Å². The zero-order valence-electron chi connectivity index (χ0n) is 14.1. The van der Waals surface area contributed by atoms with Crippen LogP contribution in [0.4, 0.5) is 0 Å². The molecule has 1 N–H and O–H groups in total. The summed E-state index contributed by atoms with van der Waals surface area (Å²) in [5, 5.41) is 10.9. The third kappa shape index (κ3) is 1.73. The van der Waals surface area contributed by atoms with Crippen molar-refractivity contribution in [2.75, 3.05) is 0 Å². The molecular weight excluding hydrogens is 256 g/mol. The molecule has 4 rings (SSSR count). The lowest BCUT2D eigenvalue weighted by Crippen LogP contribution is -2.55. The quantitative estimate of drug-likeness (QED) is 0.626. The fourth-order valence-electron chi connectivity index (χ4n) is 7.08. The van der Waals surface area contributed by atoms with Gasteiger partial charge in [-0.1, -0.05) is 26.0 Å². The Hall–Kier alpha value is -0.300. The molecule has 3 saturated carbocycles. The maximum Gasteiger partial charge on any atom is 0.0675 e. The molecule has 0 spiro atoms. The Morgan fingerprint density at radius 2 is 1.67 bits per heavy atom. The van der Waals surface area contributed by atoms with Crippen molar-refractivity contribution in [2.24, 2.45) is 34.5 Å². The monoisotopic (exact) mass is 288 g/mol. The molecule has 4 aliphatic carbocycles. The molecular formula is C20H32O. The molecule has 0 amide bonds. The lowest BCUT2D eigenvalue weighted by Gasteiger charge is -2.60. The van der Waals surface area contributed by atoms with Crippen molar-refractivity contribution in [1.82, 2.24) is 0 Å². The molecule has 1 nitrogen and oxygen atoms in total. The third-order valence-corrected chi connectivity index (χ3v) is 8.77. The molecule has 21 heavy (non-hydrogen) atoms. The van der Waals surface area contributed by atoms with Crippen molar-refractivity contribution in [3.8, 4) is 0 Å². The minimum absolute atomic E-state index is 0.182. The van der Waals surface area contributed by atoms with Gasteiger partial charge >= 0.3 is 0 Å². The van der Waals surface area contributed by atoms with Gasteiger partial charge in [-0.25, -0.2) is 0 Å². The average molecular weight is 288 g/mol. The maximum absolute atomic E-state index is 10.9. The number of hydrogen-bond donors (Lipinski definition) is 1. The Morgan fingerprint density at radius 1 is 0.905 bits per heavy atom. The van der Waals surface area contributed by atoms with Crippen LogP contribution < -0.4 is 0 Å². The summed E-state index contributed by atoms with van der Waals surface area (Å²) in [6, 6.07) is 0. The first-order valence-corrected chi connectivity index (χ1v) is 9.26. The van der Waals surface area contributed by atoms with Gasteiger partial charge in [0, 0.05) is 0 Å². The van der Waals surface area contributed by atoms with E-state index >= 15 is 0 Å². The first-order valence-electron chi connectivity index (χ1n) is 9.26. The summed E-state index contributed by atoms with van der Waals surface area (Å²) in [6.07, 6.45) is 15.3. The highest BCUT2D eigenvalue weighted by Crippen LogP contribution is 2.67. The Kier molecular flexibility index (Phi) is 2.98. The van der Waals surface area contributed by atoms with Crippen molar-refractivity contribution < 1.29 is 5.11 Å². The van der Waals surface area contributed by atoms with Crippen LogP contribution in [0.15, 0.2) is 12.2 Å². The summed E-state index contributed by atoms with van der Waals surface area (Å²) < 4.78 is 0. The fourth-order valence-corrected chi connectivity index (χ4v) is 7.08. The lowest BCUT2D eigenvalue weighted by molar-refractivity contribution is -0.138. The molecule has 1 heteroatoms. The van der Waals surface area contributed by atoms with E-state index in [4.69, 9.17) is 0 Å². The second-order valence-corrected chi connectivity index (χ2v) is 9.34. The molecule has 7 atom stereocenters. The second kappa shape index (κ2) is 4.37. The van der Waals surface area contributed by atoms with Crippen LogP contribution in [0.2, 0.25) is 0 Å².